The van der Waals surface area contributed by atoms with Crippen LogP contribution in [0, 0.1) is 0 Å². The van der Waals surface area contributed by atoms with E-state index in [1.807, 2.05) is 5.57 Å². The van der Waals surface area contributed by atoms with Gasteiger partial charge in [0.25, 0.3) is 0 Å². The van der Waals surface area contributed by atoms with E-state index in [2.05, 4.69) is 26.8 Å². The normalized spacial score (nSPS) is 14.7. The molecule has 0 aromatic carbocycles. The van der Waals surface area contributed by atoms with Crippen molar-refractivity contribution >= 4 is 0 Å². The largest absolute Gasteiger partial charge is 0.0770 e. The number of rotatable bonds is 15. The summed E-state index contributed by atoms with van der Waals surface area (Å²) in [6.07, 6.45) is 24.7. The zero-order valence-corrected chi connectivity index (χ0v) is 16.4. The quantitative estimate of drug-likeness (QED) is 0.265. The number of hydrogen-bond acceptors (Lipinski definition) is 0. The Kier molecular flexibility index (Phi) is 12.4. The molecule has 0 radical (unpaired) electrons. The molecule has 134 valence electrons. The molecule has 0 bridgehead atoms. The van der Waals surface area contributed by atoms with Crippen molar-refractivity contribution in [2.75, 3.05) is 0 Å². The Morgan fingerprint density at radius 3 is 1.70 bits per heavy atom. The summed E-state index contributed by atoms with van der Waals surface area (Å²) in [7, 11) is 0. The zero-order chi connectivity index (χ0) is 16.8. The van der Waals surface area contributed by atoms with Gasteiger partial charge >= 0.3 is 0 Å². The van der Waals surface area contributed by atoms with Crippen LogP contribution in [0.5, 0.6) is 0 Å². The highest BCUT2D eigenvalue weighted by Crippen LogP contribution is 2.36. The van der Waals surface area contributed by atoms with Crippen LogP contribution in [0.2, 0.25) is 0 Å². The van der Waals surface area contributed by atoms with Crippen LogP contribution < -0.4 is 0 Å². The highest BCUT2D eigenvalue weighted by atomic mass is 14.2. The molecule has 0 aliphatic heterocycles. The summed E-state index contributed by atoms with van der Waals surface area (Å²) in [5.74, 6) is 0. The Balaban J connectivity index is 2.48. The van der Waals surface area contributed by atoms with Crippen molar-refractivity contribution in [2.45, 2.75) is 124 Å². The minimum absolute atomic E-state index is 1.28. The second-order valence-corrected chi connectivity index (χ2v) is 7.45. The standard InChI is InChI=1S/C23H42/c1-4-7-10-13-16-21-19-20-22(17-14-11-8-5-2)23(21)18-15-12-9-6-3/h19H,4-18,20H2,1-3H3. The van der Waals surface area contributed by atoms with Crippen molar-refractivity contribution < 1.29 is 0 Å². The Labute approximate surface area is 146 Å². The highest BCUT2D eigenvalue weighted by molar-refractivity contribution is 5.42. The molecule has 1 rings (SSSR count). The average molecular weight is 319 g/mol. The lowest BCUT2D eigenvalue weighted by atomic mass is 9.93. The van der Waals surface area contributed by atoms with Crippen LogP contribution in [0.25, 0.3) is 0 Å². The van der Waals surface area contributed by atoms with Crippen LogP contribution in [0.4, 0.5) is 0 Å². The molecule has 0 N–H and O–H groups in total. The Morgan fingerprint density at radius 1 is 0.609 bits per heavy atom. The predicted octanol–water partition coefficient (Wildman–Crippen LogP) is 8.52. The van der Waals surface area contributed by atoms with Crippen molar-refractivity contribution in [1.82, 2.24) is 0 Å². The second-order valence-electron chi connectivity index (χ2n) is 7.45. The SMILES string of the molecule is CCCCCCC1=CCC(CCCCCC)=C1CCCCCC. The third-order valence-corrected chi connectivity index (χ3v) is 5.32. The molecule has 0 unspecified atom stereocenters. The van der Waals surface area contributed by atoms with Crippen LogP contribution >= 0.6 is 0 Å². The molecule has 1 aliphatic carbocycles. The van der Waals surface area contributed by atoms with Crippen molar-refractivity contribution in [1.29, 1.82) is 0 Å². The minimum Gasteiger partial charge on any atom is -0.0770 e. The number of unbranched alkanes of at least 4 members (excludes halogenated alkanes) is 9. The van der Waals surface area contributed by atoms with E-state index in [0.29, 0.717) is 0 Å². The van der Waals surface area contributed by atoms with Gasteiger partial charge in [0, 0.05) is 0 Å². The van der Waals surface area contributed by atoms with Gasteiger partial charge in [0.1, 0.15) is 0 Å². The van der Waals surface area contributed by atoms with E-state index in [-0.39, 0.29) is 0 Å². The van der Waals surface area contributed by atoms with Gasteiger partial charge in [0.05, 0.1) is 0 Å². The van der Waals surface area contributed by atoms with E-state index in [4.69, 9.17) is 0 Å². The first kappa shape index (κ1) is 20.5. The summed E-state index contributed by atoms with van der Waals surface area (Å²) >= 11 is 0. The van der Waals surface area contributed by atoms with Crippen LogP contribution in [0.1, 0.15) is 124 Å². The molecule has 0 amide bonds. The molecule has 0 saturated heterocycles. The summed E-state index contributed by atoms with van der Waals surface area (Å²) in [6.45, 7) is 6.93. The molecule has 0 heterocycles. The maximum Gasteiger partial charge on any atom is -0.0127 e. The molecule has 0 spiro atoms. The molecule has 0 fully saturated rings. The van der Waals surface area contributed by atoms with Crippen molar-refractivity contribution in [3.8, 4) is 0 Å². The molecule has 0 nitrogen and oxygen atoms in total. The molecule has 0 aromatic rings. The van der Waals surface area contributed by atoms with Gasteiger partial charge in [0.2, 0.25) is 0 Å². The number of allylic oxidation sites excluding steroid dienone is 4. The lowest BCUT2D eigenvalue weighted by molar-refractivity contribution is 0.639. The van der Waals surface area contributed by atoms with Gasteiger partial charge in [-0.2, -0.15) is 0 Å². The van der Waals surface area contributed by atoms with Gasteiger partial charge in [-0.3, -0.25) is 0 Å². The van der Waals surface area contributed by atoms with Crippen LogP contribution in [0.3, 0.4) is 0 Å². The second kappa shape index (κ2) is 13.9. The minimum atomic E-state index is 1.28. The molecule has 23 heavy (non-hydrogen) atoms. The summed E-state index contributed by atoms with van der Waals surface area (Å²) in [5, 5.41) is 0. The number of hydrogen-bond donors (Lipinski definition) is 0. The molecular weight excluding hydrogens is 276 g/mol. The fraction of sp³-hybridized carbons (Fsp3) is 0.826. The predicted molar refractivity (Wildman–Crippen MR) is 106 cm³/mol. The van der Waals surface area contributed by atoms with Crippen molar-refractivity contribution in [3.63, 3.8) is 0 Å². The lowest BCUT2D eigenvalue weighted by Gasteiger charge is -2.13. The first-order valence-electron chi connectivity index (χ1n) is 10.7. The third-order valence-electron chi connectivity index (χ3n) is 5.32. The molecule has 0 heteroatoms. The van der Waals surface area contributed by atoms with E-state index < -0.39 is 0 Å². The maximum absolute atomic E-state index is 2.58. The Morgan fingerprint density at radius 2 is 1.13 bits per heavy atom. The monoisotopic (exact) mass is 318 g/mol. The van der Waals surface area contributed by atoms with E-state index in [9.17, 15) is 0 Å². The summed E-state index contributed by atoms with van der Waals surface area (Å²) in [4.78, 5) is 0. The first-order chi connectivity index (χ1) is 11.3. The molecule has 0 atom stereocenters. The third kappa shape index (κ3) is 8.77. The van der Waals surface area contributed by atoms with E-state index in [1.165, 1.54) is 103 Å². The van der Waals surface area contributed by atoms with Crippen LogP contribution in [0.15, 0.2) is 22.8 Å². The fourth-order valence-corrected chi connectivity index (χ4v) is 3.80. The Hall–Kier alpha value is -0.520. The fourth-order valence-electron chi connectivity index (χ4n) is 3.80. The molecule has 0 aromatic heterocycles. The van der Waals surface area contributed by atoms with Crippen molar-refractivity contribution in [2.24, 2.45) is 0 Å². The highest BCUT2D eigenvalue weighted by Gasteiger charge is 2.16. The van der Waals surface area contributed by atoms with Crippen LogP contribution in [-0.2, 0) is 0 Å². The van der Waals surface area contributed by atoms with Crippen LogP contribution in [-0.4, -0.2) is 0 Å². The molecule has 1 aliphatic rings. The molecule has 0 saturated carbocycles. The summed E-state index contributed by atoms with van der Waals surface area (Å²) in [6, 6.07) is 0. The first-order valence-corrected chi connectivity index (χ1v) is 10.7. The van der Waals surface area contributed by atoms with E-state index in [1.54, 1.807) is 11.1 Å². The summed E-state index contributed by atoms with van der Waals surface area (Å²) in [5.41, 5.74) is 5.35. The van der Waals surface area contributed by atoms with Gasteiger partial charge in [-0.05, 0) is 56.1 Å². The Bertz CT molecular complexity index is 345. The van der Waals surface area contributed by atoms with E-state index >= 15 is 0 Å². The van der Waals surface area contributed by atoms with Gasteiger partial charge in [-0.1, -0.05) is 90.2 Å². The van der Waals surface area contributed by atoms with Gasteiger partial charge in [0.15, 0.2) is 0 Å². The smallest absolute Gasteiger partial charge is 0.0127 e. The summed E-state index contributed by atoms with van der Waals surface area (Å²) < 4.78 is 0. The van der Waals surface area contributed by atoms with Gasteiger partial charge < -0.3 is 0 Å². The van der Waals surface area contributed by atoms with Gasteiger partial charge in [-0.25, -0.2) is 0 Å². The lowest BCUT2D eigenvalue weighted by Crippen LogP contribution is -1.93. The zero-order valence-electron chi connectivity index (χ0n) is 16.4. The average Bonchev–Trinajstić information content (AvgIpc) is 2.94. The van der Waals surface area contributed by atoms with Gasteiger partial charge in [-0.15, -0.1) is 0 Å². The van der Waals surface area contributed by atoms with E-state index in [0.717, 1.165) is 0 Å². The topological polar surface area (TPSA) is 0 Å². The maximum atomic E-state index is 2.58. The molecular formula is C23H42. The van der Waals surface area contributed by atoms with Crippen molar-refractivity contribution in [3.05, 3.63) is 22.8 Å².